The van der Waals surface area contributed by atoms with Gasteiger partial charge in [-0.15, -0.1) is 0 Å². The molecule has 0 aromatic heterocycles. The first-order chi connectivity index (χ1) is 10.0. The molecule has 1 saturated heterocycles. The molecule has 1 aliphatic heterocycles. The number of benzene rings is 1. The van der Waals surface area contributed by atoms with Crippen molar-refractivity contribution in [2.24, 2.45) is 0 Å². The van der Waals surface area contributed by atoms with Crippen molar-refractivity contribution in [1.29, 1.82) is 0 Å². The van der Waals surface area contributed by atoms with Gasteiger partial charge >= 0.3 is 5.97 Å². The van der Waals surface area contributed by atoms with Crippen LogP contribution in [0.4, 0.5) is 0 Å². The molecule has 2 rings (SSSR count). The first-order valence-electron chi connectivity index (χ1n) is 6.80. The molecule has 1 aromatic rings. The van der Waals surface area contributed by atoms with Gasteiger partial charge in [0.2, 0.25) is 0 Å². The molecule has 1 amide bonds. The fourth-order valence-electron chi connectivity index (χ4n) is 2.04. The lowest BCUT2D eigenvalue weighted by Crippen LogP contribution is -2.52. The van der Waals surface area contributed by atoms with E-state index < -0.39 is 5.97 Å². The summed E-state index contributed by atoms with van der Waals surface area (Å²) in [5.74, 6) is -1.14. The van der Waals surface area contributed by atoms with Crippen molar-refractivity contribution in [1.82, 2.24) is 15.3 Å². The van der Waals surface area contributed by atoms with Crippen LogP contribution < -0.4 is 5.43 Å². The summed E-state index contributed by atoms with van der Waals surface area (Å²) in [6.07, 6.45) is 2.56. The van der Waals surface area contributed by atoms with E-state index in [9.17, 15) is 9.59 Å². The zero-order valence-electron chi connectivity index (χ0n) is 12.0. The summed E-state index contributed by atoms with van der Waals surface area (Å²) in [4.78, 5) is 24.7. The number of piperazine rings is 1. The van der Waals surface area contributed by atoms with Crippen LogP contribution >= 0.6 is 0 Å². The van der Waals surface area contributed by atoms with Crippen molar-refractivity contribution in [2.75, 3.05) is 33.2 Å². The number of carboxylic acids is 1. The normalized spacial score (nSPS) is 17.0. The summed E-state index contributed by atoms with van der Waals surface area (Å²) < 4.78 is 0. The Hall–Kier alpha value is -2.18. The lowest BCUT2D eigenvalue weighted by molar-refractivity contribution is -0.131. The molecule has 112 valence electrons. The molecule has 2 N–H and O–H groups in total. The number of nitrogens with zero attached hydrogens (tertiary/aromatic N) is 2. The zero-order valence-corrected chi connectivity index (χ0v) is 12.0. The van der Waals surface area contributed by atoms with Crippen LogP contribution in [-0.4, -0.2) is 60.1 Å². The maximum Gasteiger partial charge on any atom is 0.328 e. The van der Waals surface area contributed by atoms with Gasteiger partial charge in [-0.05, 0) is 30.8 Å². The molecule has 0 unspecified atom stereocenters. The Bertz CT molecular complexity index is 532. The van der Waals surface area contributed by atoms with E-state index in [1.54, 1.807) is 24.3 Å². The lowest BCUT2D eigenvalue weighted by Gasteiger charge is -2.32. The molecule has 6 heteroatoms. The van der Waals surface area contributed by atoms with Gasteiger partial charge in [0.05, 0.1) is 0 Å². The van der Waals surface area contributed by atoms with Crippen molar-refractivity contribution in [3.63, 3.8) is 0 Å². The second-order valence-corrected chi connectivity index (χ2v) is 5.02. The number of carbonyl (C=O) groups is 2. The molecule has 1 fully saturated rings. The van der Waals surface area contributed by atoms with E-state index in [0.717, 1.165) is 37.8 Å². The van der Waals surface area contributed by atoms with Crippen LogP contribution in [0.15, 0.2) is 30.3 Å². The minimum Gasteiger partial charge on any atom is -0.478 e. The van der Waals surface area contributed by atoms with E-state index in [4.69, 9.17) is 5.11 Å². The fraction of sp³-hybridized carbons (Fsp3) is 0.333. The molecule has 6 nitrogen and oxygen atoms in total. The number of rotatable bonds is 4. The molecule has 0 aliphatic carbocycles. The molecule has 21 heavy (non-hydrogen) atoms. The van der Waals surface area contributed by atoms with Crippen LogP contribution in [-0.2, 0) is 4.79 Å². The number of amides is 1. The van der Waals surface area contributed by atoms with Crippen molar-refractivity contribution in [2.45, 2.75) is 0 Å². The largest absolute Gasteiger partial charge is 0.478 e. The maximum atomic E-state index is 12.1. The molecule has 0 saturated carbocycles. The number of carboxylic acid groups (broad SMARTS) is 1. The number of nitrogens with one attached hydrogen (secondary N) is 1. The number of aliphatic carboxylic acids is 1. The predicted octanol–water partition coefficient (Wildman–Crippen LogP) is 0.677. The number of hydrogen-bond acceptors (Lipinski definition) is 4. The van der Waals surface area contributed by atoms with E-state index in [2.05, 4.69) is 17.4 Å². The summed E-state index contributed by atoms with van der Waals surface area (Å²) in [6.45, 7) is 3.47. The first-order valence-corrected chi connectivity index (χ1v) is 6.80. The number of carbonyl (C=O) groups excluding carboxylic acids is 1. The molecule has 1 aromatic carbocycles. The second kappa shape index (κ2) is 7.01. The van der Waals surface area contributed by atoms with Gasteiger partial charge in [0.1, 0.15) is 0 Å². The van der Waals surface area contributed by atoms with Gasteiger partial charge < -0.3 is 10.0 Å². The summed E-state index contributed by atoms with van der Waals surface area (Å²) in [7, 11) is 2.06. The SMILES string of the molecule is CN1CCN(NC(=O)c2ccc(/C=C/C(=O)O)cc2)CC1. The number of likely N-dealkylation sites (N-methyl/N-ethyl adjacent to an activating group) is 1. The van der Waals surface area contributed by atoms with Crippen molar-refractivity contribution < 1.29 is 14.7 Å². The van der Waals surface area contributed by atoms with E-state index in [0.29, 0.717) is 5.56 Å². The third-order valence-electron chi connectivity index (χ3n) is 3.35. The second-order valence-electron chi connectivity index (χ2n) is 5.02. The number of hydrazine groups is 1. The monoisotopic (exact) mass is 289 g/mol. The molecule has 0 spiro atoms. The van der Waals surface area contributed by atoms with Gasteiger partial charge in [0.25, 0.3) is 5.91 Å². The molecule has 1 heterocycles. The average molecular weight is 289 g/mol. The van der Waals surface area contributed by atoms with E-state index in [-0.39, 0.29) is 5.91 Å². The average Bonchev–Trinajstić information content (AvgIpc) is 2.48. The zero-order chi connectivity index (χ0) is 15.2. The van der Waals surface area contributed by atoms with Gasteiger partial charge in [-0.1, -0.05) is 12.1 Å². The Morgan fingerprint density at radius 1 is 1.14 bits per heavy atom. The van der Waals surface area contributed by atoms with Crippen LogP contribution in [0.2, 0.25) is 0 Å². The van der Waals surface area contributed by atoms with Crippen LogP contribution in [0.5, 0.6) is 0 Å². The highest BCUT2D eigenvalue weighted by molar-refractivity contribution is 5.94. The third-order valence-corrected chi connectivity index (χ3v) is 3.35. The van der Waals surface area contributed by atoms with E-state index in [1.807, 2.05) is 5.01 Å². The molecule has 0 bridgehead atoms. The Morgan fingerprint density at radius 3 is 2.33 bits per heavy atom. The summed E-state index contributed by atoms with van der Waals surface area (Å²) in [5.41, 5.74) is 4.18. The van der Waals surface area contributed by atoms with Crippen LogP contribution in [0.1, 0.15) is 15.9 Å². The minimum absolute atomic E-state index is 0.145. The number of hydrogen-bond donors (Lipinski definition) is 2. The molecular weight excluding hydrogens is 270 g/mol. The molecule has 0 radical (unpaired) electrons. The van der Waals surface area contributed by atoms with Gasteiger partial charge in [0, 0.05) is 37.8 Å². The Labute approximate surface area is 123 Å². The van der Waals surface area contributed by atoms with Crippen molar-refractivity contribution in [3.8, 4) is 0 Å². The highest BCUT2D eigenvalue weighted by Crippen LogP contribution is 2.07. The Kier molecular flexibility index (Phi) is 5.08. The highest BCUT2D eigenvalue weighted by atomic mass is 16.4. The van der Waals surface area contributed by atoms with Gasteiger partial charge in [-0.3, -0.25) is 10.2 Å². The van der Waals surface area contributed by atoms with Crippen LogP contribution in [0.3, 0.4) is 0 Å². The van der Waals surface area contributed by atoms with Crippen molar-refractivity contribution >= 4 is 18.0 Å². The maximum absolute atomic E-state index is 12.1. The van der Waals surface area contributed by atoms with Gasteiger partial charge in [-0.25, -0.2) is 9.80 Å². The minimum atomic E-state index is -0.994. The van der Waals surface area contributed by atoms with Gasteiger partial charge in [0.15, 0.2) is 0 Å². The Balaban J connectivity index is 1.92. The topological polar surface area (TPSA) is 72.9 Å². The summed E-state index contributed by atoms with van der Waals surface area (Å²) >= 11 is 0. The third kappa shape index (κ3) is 4.70. The van der Waals surface area contributed by atoms with E-state index >= 15 is 0 Å². The van der Waals surface area contributed by atoms with Crippen LogP contribution in [0.25, 0.3) is 6.08 Å². The standard InChI is InChI=1S/C15H19N3O3/c1-17-8-10-18(11-9-17)16-15(21)13-5-2-12(3-6-13)4-7-14(19)20/h2-7H,8-11H2,1H3,(H,16,21)(H,19,20)/b7-4+. The quantitative estimate of drug-likeness (QED) is 0.797. The summed E-state index contributed by atoms with van der Waals surface area (Å²) in [6, 6.07) is 6.82. The first kappa shape index (κ1) is 15.2. The Morgan fingerprint density at radius 2 is 1.76 bits per heavy atom. The summed E-state index contributed by atoms with van der Waals surface area (Å²) in [5, 5.41) is 10.5. The van der Waals surface area contributed by atoms with Crippen molar-refractivity contribution in [3.05, 3.63) is 41.5 Å². The van der Waals surface area contributed by atoms with E-state index in [1.165, 1.54) is 6.08 Å². The fourth-order valence-corrected chi connectivity index (χ4v) is 2.04. The van der Waals surface area contributed by atoms with Gasteiger partial charge in [-0.2, -0.15) is 0 Å². The van der Waals surface area contributed by atoms with Crippen LogP contribution in [0, 0.1) is 0 Å². The highest BCUT2D eigenvalue weighted by Gasteiger charge is 2.16. The predicted molar refractivity (Wildman–Crippen MR) is 79.6 cm³/mol. The molecule has 1 aliphatic rings. The molecular formula is C15H19N3O3. The lowest BCUT2D eigenvalue weighted by atomic mass is 10.1. The molecule has 0 atom stereocenters. The smallest absolute Gasteiger partial charge is 0.328 e.